The van der Waals surface area contributed by atoms with Gasteiger partial charge in [-0.15, -0.1) is 0 Å². The third-order valence-electron chi connectivity index (χ3n) is 3.36. The van der Waals surface area contributed by atoms with E-state index in [4.69, 9.17) is 10.00 Å². The molecule has 0 bridgehead atoms. The fraction of sp³-hybridized carbons (Fsp3) is 0.167. The van der Waals surface area contributed by atoms with Crippen molar-refractivity contribution in [3.05, 3.63) is 54.1 Å². The van der Waals surface area contributed by atoms with Gasteiger partial charge in [-0.05, 0) is 36.4 Å². The lowest BCUT2D eigenvalue weighted by Crippen LogP contribution is -2.36. The molecule has 6 heteroatoms. The lowest BCUT2D eigenvalue weighted by Gasteiger charge is -2.22. The molecule has 0 radical (unpaired) electrons. The number of rotatable bonds is 5. The van der Waals surface area contributed by atoms with Gasteiger partial charge in [0.25, 0.3) is 0 Å². The summed E-state index contributed by atoms with van der Waals surface area (Å²) in [5, 5.41) is 11.5. The topological polar surface area (TPSA) is 82.4 Å². The van der Waals surface area contributed by atoms with Crippen molar-refractivity contribution >= 4 is 23.2 Å². The van der Waals surface area contributed by atoms with Gasteiger partial charge in [0, 0.05) is 12.6 Å². The number of nitrogens with zero attached hydrogens (tertiary/aromatic N) is 2. The van der Waals surface area contributed by atoms with E-state index in [1.807, 2.05) is 6.07 Å². The molecule has 0 atom stereocenters. The second-order valence-electron chi connectivity index (χ2n) is 5.01. The van der Waals surface area contributed by atoms with Crippen LogP contribution in [0.5, 0.6) is 5.75 Å². The molecule has 6 nitrogen and oxygen atoms in total. The average molecular weight is 323 g/mol. The van der Waals surface area contributed by atoms with Crippen molar-refractivity contribution in [3.8, 4) is 11.8 Å². The van der Waals surface area contributed by atoms with E-state index in [2.05, 4.69) is 5.32 Å². The molecule has 24 heavy (non-hydrogen) atoms. The van der Waals surface area contributed by atoms with Gasteiger partial charge in [-0.1, -0.05) is 12.1 Å². The summed E-state index contributed by atoms with van der Waals surface area (Å²) in [5.41, 5.74) is 1.59. The van der Waals surface area contributed by atoms with Crippen molar-refractivity contribution in [3.63, 3.8) is 0 Å². The minimum Gasteiger partial charge on any atom is -0.495 e. The van der Waals surface area contributed by atoms with Crippen molar-refractivity contribution in [2.24, 2.45) is 0 Å². The molecule has 0 unspecified atom stereocenters. The van der Waals surface area contributed by atoms with Crippen molar-refractivity contribution in [1.29, 1.82) is 5.26 Å². The van der Waals surface area contributed by atoms with Crippen LogP contribution in [0.25, 0.3) is 0 Å². The molecule has 2 amide bonds. The molecule has 2 aromatic rings. The second kappa shape index (κ2) is 7.79. The number of ether oxygens (including phenoxy) is 1. The van der Waals surface area contributed by atoms with Gasteiger partial charge in [0.05, 0.1) is 24.4 Å². The van der Waals surface area contributed by atoms with Gasteiger partial charge in [0.2, 0.25) is 11.8 Å². The van der Waals surface area contributed by atoms with Gasteiger partial charge < -0.3 is 10.1 Å². The van der Waals surface area contributed by atoms with E-state index in [1.54, 1.807) is 48.5 Å². The third-order valence-corrected chi connectivity index (χ3v) is 3.36. The van der Waals surface area contributed by atoms with E-state index in [0.717, 1.165) is 0 Å². The zero-order chi connectivity index (χ0) is 17.5. The first kappa shape index (κ1) is 17.0. The van der Waals surface area contributed by atoms with Crippen LogP contribution in [0.4, 0.5) is 11.4 Å². The summed E-state index contributed by atoms with van der Waals surface area (Å²) in [6.07, 6.45) is 0. The smallest absolute Gasteiger partial charge is 0.244 e. The van der Waals surface area contributed by atoms with Crippen LogP contribution in [0.15, 0.2) is 48.5 Å². The summed E-state index contributed by atoms with van der Waals surface area (Å²) in [4.78, 5) is 25.5. The molecule has 122 valence electrons. The van der Waals surface area contributed by atoms with Crippen molar-refractivity contribution in [2.45, 2.75) is 6.92 Å². The SMILES string of the molecule is COc1ccccc1N(CC(=O)Nc1ccc(C#N)cc1)C(C)=O. The van der Waals surface area contributed by atoms with Crippen LogP contribution in [0.2, 0.25) is 0 Å². The number of hydrogen-bond donors (Lipinski definition) is 1. The van der Waals surface area contributed by atoms with Crippen LogP contribution in [0.3, 0.4) is 0 Å². The Kier molecular flexibility index (Phi) is 5.53. The molecule has 0 aliphatic heterocycles. The maximum Gasteiger partial charge on any atom is 0.244 e. The Balaban J connectivity index is 2.14. The van der Waals surface area contributed by atoms with Crippen LogP contribution in [0, 0.1) is 11.3 Å². The summed E-state index contributed by atoms with van der Waals surface area (Å²) in [7, 11) is 1.51. The van der Waals surface area contributed by atoms with E-state index >= 15 is 0 Å². The Labute approximate surface area is 140 Å². The number of hydrogen-bond acceptors (Lipinski definition) is 4. The van der Waals surface area contributed by atoms with Crippen LogP contribution in [-0.2, 0) is 9.59 Å². The van der Waals surface area contributed by atoms with E-state index in [-0.39, 0.29) is 18.4 Å². The molecule has 0 spiro atoms. The van der Waals surface area contributed by atoms with E-state index in [9.17, 15) is 9.59 Å². The van der Waals surface area contributed by atoms with Crippen LogP contribution in [0.1, 0.15) is 12.5 Å². The second-order valence-corrected chi connectivity index (χ2v) is 5.01. The fourth-order valence-corrected chi connectivity index (χ4v) is 2.19. The quantitative estimate of drug-likeness (QED) is 0.916. The predicted molar refractivity (Wildman–Crippen MR) is 90.8 cm³/mol. The highest BCUT2D eigenvalue weighted by Gasteiger charge is 2.19. The average Bonchev–Trinajstić information content (AvgIpc) is 2.60. The summed E-state index contributed by atoms with van der Waals surface area (Å²) in [6, 6.07) is 15.5. The molecular formula is C18H17N3O3. The number of methoxy groups -OCH3 is 1. The molecule has 0 aliphatic rings. The normalized spacial score (nSPS) is 9.71. The molecule has 0 fully saturated rings. The Morgan fingerprint density at radius 1 is 1.17 bits per heavy atom. The summed E-state index contributed by atoms with van der Waals surface area (Å²) in [5.74, 6) is -0.103. The van der Waals surface area contributed by atoms with Gasteiger partial charge >= 0.3 is 0 Å². The standard InChI is InChI=1S/C18H17N3O3/c1-13(22)21(16-5-3-4-6-17(16)24-2)12-18(23)20-15-9-7-14(11-19)8-10-15/h3-10H,12H2,1-2H3,(H,20,23). The minimum atomic E-state index is -0.346. The third kappa shape index (κ3) is 4.11. The molecule has 0 saturated carbocycles. The van der Waals surface area contributed by atoms with Crippen LogP contribution >= 0.6 is 0 Å². The first-order chi connectivity index (χ1) is 11.5. The molecule has 0 saturated heterocycles. The predicted octanol–water partition coefficient (Wildman–Crippen LogP) is 2.56. The summed E-state index contributed by atoms with van der Waals surface area (Å²) >= 11 is 0. The molecule has 0 aromatic heterocycles. The number of carbonyl (C=O) groups is 2. The maximum absolute atomic E-state index is 12.2. The largest absolute Gasteiger partial charge is 0.495 e. The maximum atomic E-state index is 12.2. The molecule has 2 aromatic carbocycles. The van der Waals surface area contributed by atoms with Gasteiger partial charge in [0.15, 0.2) is 0 Å². The number of nitriles is 1. The lowest BCUT2D eigenvalue weighted by molar-refractivity contribution is -0.120. The lowest BCUT2D eigenvalue weighted by atomic mass is 10.2. The van der Waals surface area contributed by atoms with Gasteiger partial charge in [-0.25, -0.2) is 0 Å². The molecule has 0 aliphatic carbocycles. The number of para-hydroxylation sites is 2. The molecule has 2 rings (SSSR count). The van der Waals surface area contributed by atoms with Crippen molar-refractivity contribution in [1.82, 2.24) is 0 Å². The molecular weight excluding hydrogens is 306 g/mol. The zero-order valence-electron chi connectivity index (χ0n) is 13.4. The Morgan fingerprint density at radius 3 is 2.42 bits per heavy atom. The van der Waals surface area contributed by atoms with E-state index in [0.29, 0.717) is 22.7 Å². The summed E-state index contributed by atoms with van der Waals surface area (Å²) in [6.45, 7) is 1.25. The number of anilines is 2. The zero-order valence-corrected chi connectivity index (χ0v) is 13.4. The highest BCUT2D eigenvalue weighted by Crippen LogP contribution is 2.27. The van der Waals surface area contributed by atoms with E-state index in [1.165, 1.54) is 18.9 Å². The van der Waals surface area contributed by atoms with Crippen molar-refractivity contribution < 1.29 is 14.3 Å². The number of amides is 2. The summed E-state index contributed by atoms with van der Waals surface area (Å²) < 4.78 is 5.25. The first-order valence-electron chi connectivity index (χ1n) is 7.26. The van der Waals surface area contributed by atoms with Gasteiger partial charge in [-0.2, -0.15) is 5.26 Å². The Bertz CT molecular complexity index is 779. The minimum absolute atomic E-state index is 0.143. The number of benzene rings is 2. The van der Waals surface area contributed by atoms with E-state index < -0.39 is 0 Å². The Hall–Kier alpha value is -3.33. The molecule has 1 N–H and O–H groups in total. The first-order valence-corrected chi connectivity index (χ1v) is 7.26. The van der Waals surface area contributed by atoms with Crippen LogP contribution < -0.4 is 15.0 Å². The Morgan fingerprint density at radius 2 is 1.83 bits per heavy atom. The fourth-order valence-electron chi connectivity index (χ4n) is 2.19. The number of carbonyl (C=O) groups excluding carboxylic acids is 2. The number of nitrogens with one attached hydrogen (secondary N) is 1. The van der Waals surface area contributed by atoms with Gasteiger partial charge in [-0.3, -0.25) is 14.5 Å². The van der Waals surface area contributed by atoms with Crippen molar-refractivity contribution in [2.75, 3.05) is 23.9 Å². The monoisotopic (exact) mass is 323 g/mol. The molecule has 0 heterocycles. The highest BCUT2D eigenvalue weighted by molar-refractivity contribution is 6.02. The van der Waals surface area contributed by atoms with Crippen LogP contribution in [-0.4, -0.2) is 25.5 Å². The highest BCUT2D eigenvalue weighted by atomic mass is 16.5. The van der Waals surface area contributed by atoms with Gasteiger partial charge in [0.1, 0.15) is 12.3 Å².